The third-order valence-electron chi connectivity index (χ3n) is 5.26. The highest BCUT2D eigenvalue weighted by molar-refractivity contribution is 14.0. The van der Waals surface area contributed by atoms with Gasteiger partial charge in [-0.3, -0.25) is 9.89 Å². The number of likely N-dealkylation sites (tertiary alicyclic amines) is 1. The van der Waals surface area contributed by atoms with Gasteiger partial charge in [-0.25, -0.2) is 0 Å². The summed E-state index contributed by atoms with van der Waals surface area (Å²) in [6.07, 6.45) is 7.57. The number of nitrogens with zero attached hydrogens (tertiary/aromatic N) is 2. The first-order valence-corrected chi connectivity index (χ1v) is 9.77. The molecule has 0 amide bonds. The Kier molecular flexibility index (Phi) is 9.53. The fourth-order valence-electron chi connectivity index (χ4n) is 3.34. The molecule has 0 bridgehead atoms. The van der Waals surface area contributed by atoms with Crippen molar-refractivity contribution in [3.8, 4) is 5.75 Å². The van der Waals surface area contributed by atoms with Crippen LogP contribution in [0, 0.1) is 5.92 Å². The van der Waals surface area contributed by atoms with Gasteiger partial charge in [-0.15, -0.1) is 24.0 Å². The van der Waals surface area contributed by atoms with Gasteiger partial charge in [0.2, 0.25) is 0 Å². The molecule has 146 valence electrons. The Morgan fingerprint density at radius 1 is 1.15 bits per heavy atom. The van der Waals surface area contributed by atoms with Gasteiger partial charge in [0, 0.05) is 19.6 Å². The summed E-state index contributed by atoms with van der Waals surface area (Å²) in [5.74, 6) is 2.30. The van der Waals surface area contributed by atoms with E-state index in [9.17, 15) is 0 Å². The Balaban J connectivity index is 0.00000243. The van der Waals surface area contributed by atoms with Crippen molar-refractivity contribution in [1.82, 2.24) is 10.2 Å². The molecule has 0 aromatic heterocycles. The van der Waals surface area contributed by atoms with Crippen molar-refractivity contribution in [2.75, 3.05) is 39.3 Å². The SMILES string of the molecule is I.NC(=NCC1CCC1)NCCc1ccc(OCCN2CCCC2)cc1. The van der Waals surface area contributed by atoms with Crippen LogP contribution in [-0.2, 0) is 6.42 Å². The summed E-state index contributed by atoms with van der Waals surface area (Å²) in [6.45, 7) is 5.95. The molecule has 6 heteroatoms. The lowest BCUT2D eigenvalue weighted by atomic mass is 9.86. The van der Waals surface area contributed by atoms with Crippen molar-refractivity contribution in [2.45, 2.75) is 38.5 Å². The average Bonchev–Trinajstić information content (AvgIpc) is 3.08. The van der Waals surface area contributed by atoms with Gasteiger partial charge in [0.25, 0.3) is 0 Å². The second kappa shape index (κ2) is 11.6. The normalized spacial score (nSPS) is 18.2. The zero-order valence-corrected chi connectivity index (χ0v) is 18.0. The predicted octanol–water partition coefficient (Wildman–Crippen LogP) is 3.03. The molecular formula is C20H33IN4O. The molecule has 3 rings (SSSR count). The Bertz CT molecular complexity index is 539. The van der Waals surface area contributed by atoms with E-state index in [1.54, 1.807) is 0 Å². The van der Waals surface area contributed by atoms with Crippen molar-refractivity contribution in [3.63, 3.8) is 0 Å². The van der Waals surface area contributed by atoms with Crippen LogP contribution in [0.5, 0.6) is 5.75 Å². The van der Waals surface area contributed by atoms with Crippen LogP contribution in [0.2, 0.25) is 0 Å². The highest BCUT2D eigenvalue weighted by Crippen LogP contribution is 2.26. The van der Waals surface area contributed by atoms with Crippen LogP contribution < -0.4 is 15.8 Å². The quantitative estimate of drug-likeness (QED) is 0.330. The van der Waals surface area contributed by atoms with E-state index >= 15 is 0 Å². The second-order valence-corrected chi connectivity index (χ2v) is 7.24. The molecule has 1 aliphatic carbocycles. The molecule has 1 aromatic carbocycles. The average molecular weight is 472 g/mol. The van der Waals surface area contributed by atoms with Crippen LogP contribution in [0.15, 0.2) is 29.3 Å². The summed E-state index contributed by atoms with van der Waals surface area (Å²) in [5, 5.41) is 3.21. The molecular weight excluding hydrogens is 439 g/mol. The molecule has 26 heavy (non-hydrogen) atoms. The van der Waals surface area contributed by atoms with Crippen LogP contribution >= 0.6 is 24.0 Å². The second-order valence-electron chi connectivity index (χ2n) is 7.24. The van der Waals surface area contributed by atoms with Crippen LogP contribution in [0.3, 0.4) is 0 Å². The number of nitrogens with two attached hydrogens (primary N) is 1. The Hall–Kier alpha value is -1.02. The van der Waals surface area contributed by atoms with Gasteiger partial charge in [0.05, 0.1) is 0 Å². The van der Waals surface area contributed by atoms with Gasteiger partial charge in [0.1, 0.15) is 12.4 Å². The molecule has 1 heterocycles. The minimum Gasteiger partial charge on any atom is -0.492 e. The topological polar surface area (TPSA) is 62.9 Å². The van der Waals surface area contributed by atoms with E-state index in [1.165, 1.54) is 50.8 Å². The van der Waals surface area contributed by atoms with Crippen molar-refractivity contribution in [2.24, 2.45) is 16.6 Å². The summed E-state index contributed by atoms with van der Waals surface area (Å²) in [4.78, 5) is 6.89. The Labute approximate surface area is 174 Å². The molecule has 3 N–H and O–H groups in total. The summed E-state index contributed by atoms with van der Waals surface area (Å²) < 4.78 is 5.84. The maximum atomic E-state index is 5.91. The summed E-state index contributed by atoms with van der Waals surface area (Å²) in [6, 6.07) is 8.39. The largest absolute Gasteiger partial charge is 0.492 e. The predicted molar refractivity (Wildman–Crippen MR) is 119 cm³/mol. The fraction of sp³-hybridized carbons (Fsp3) is 0.650. The first kappa shape index (κ1) is 21.3. The van der Waals surface area contributed by atoms with Gasteiger partial charge in [-0.1, -0.05) is 18.6 Å². The van der Waals surface area contributed by atoms with Gasteiger partial charge >= 0.3 is 0 Å². The smallest absolute Gasteiger partial charge is 0.188 e. The molecule has 0 atom stereocenters. The van der Waals surface area contributed by atoms with Crippen molar-refractivity contribution in [3.05, 3.63) is 29.8 Å². The number of hydrogen-bond donors (Lipinski definition) is 2. The van der Waals surface area contributed by atoms with E-state index in [4.69, 9.17) is 10.5 Å². The van der Waals surface area contributed by atoms with Gasteiger partial charge in [0.15, 0.2) is 5.96 Å². The number of benzene rings is 1. The van der Waals surface area contributed by atoms with E-state index < -0.39 is 0 Å². The summed E-state index contributed by atoms with van der Waals surface area (Å²) in [5.41, 5.74) is 7.19. The van der Waals surface area contributed by atoms with Gasteiger partial charge < -0.3 is 15.8 Å². The van der Waals surface area contributed by atoms with E-state index in [2.05, 4.69) is 39.5 Å². The number of halogens is 1. The van der Waals surface area contributed by atoms with Gasteiger partial charge in [-0.2, -0.15) is 0 Å². The third-order valence-corrected chi connectivity index (χ3v) is 5.26. The lowest BCUT2D eigenvalue weighted by Gasteiger charge is -2.23. The molecule has 2 aliphatic rings. The first-order chi connectivity index (χ1) is 12.3. The Morgan fingerprint density at radius 2 is 1.88 bits per heavy atom. The number of guanidine groups is 1. The molecule has 1 saturated heterocycles. The number of ether oxygens (including phenoxy) is 1. The molecule has 0 radical (unpaired) electrons. The Morgan fingerprint density at radius 3 is 2.54 bits per heavy atom. The van der Waals surface area contributed by atoms with Gasteiger partial charge in [-0.05, 0) is 68.8 Å². The lowest BCUT2D eigenvalue weighted by Crippen LogP contribution is -2.34. The maximum Gasteiger partial charge on any atom is 0.188 e. The van der Waals surface area contributed by atoms with Crippen LogP contribution in [0.25, 0.3) is 0 Å². The van der Waals surface area contributed by atoms with E-state index in [0.717, 1.165) is 44.3 Å². The fourth-order valence-corrected chi connectivity index (χ4v) is 3.34. The zero-order chi connectivity index (χ0) is 17.3. The third kappa shape index (κ3) is 7.31. The number of nitrogens with one attached hydrogen (secondary N) is 1. The standard InChI is InChI=1S/C20H32N4O.HI/c21-20(23-16-18-4-3-5-18)22-11-10-17-6-8-19(9-7-17)25-15-14-24-12-1-2-13-24;/h6-9,18H,1-5,10-16H2,(H3,21,22,23);1H. The minimum atomic E-state index is 0. The maximum absolute atomic E-state index is 5.91. The monoisotopic (exact) mass is 472 g/mol. The van der Waals surface area contributed by atoms with Crippen LogP contribution in [-0.4, -0.2) is 50.2 Å². The highest BCUT2D eigenvalue weighted by atomic mass is 127. The van der Waals surface area contributed by atoms with Crippen LogP contribution in [0.4, 0.5) is 0 Å². The highest BCUT2D eigenvalue weighted by Gasteiger charge is 2.16. The molecule has 2 fully saturated rings. The molecule has 0 spiro atoms. The molecule has 0 unspecified atom stereocenters. The van der Waals surface area contributed by atoms with E-state index in [0.29, 0.717) is 5.96 Å². The lowest BCUT2D eigenvalue weighted by molar-refractivity contribution is 0.238. The van der Waals surface area contributed by atoms with Crippen molar-refractivity contribution < 1.29 is 4.74 Å². The van der Waals surface area contributed by atoms with Crippen molar-refractivity contribution in [1.29, 1.82) is 0 Å². The number of aliphatic imine (C=N–C) groups is 1. The molecule has 5 nitrogen and oxygen atoms in total. The van der Waals surface area contributed by atoms with E-state index in [1.807, 2.05) is 0 Å². The minimum absolute atomic E-state index is 0. The molecule has 1 aliphatic heterocycles. The van der Waals surface area contributed by atoms with E-state index in [-0.39, 0.29) is 24.0 Å². The molecule has 1 aromatic rings. The van der Waals surface area contributed by atoms with Crippen molar-refractivity contribution >= 4 is 29.9 Å². The molecule has 1 saturated carbocycles. The van der Waals surface area contributed by atoms with Crippen LogP contribution in [0.1, 0.15) is 37.7 Å². The number of rotatable bonds is 9. The first-order valence-electron chi connectivity index (χ1n) is 9.77. The number of hydrogen-bond acceptors (Lipinski definition) is 3. The summed E-state index contributed by atoms with van der Waals surface area (Å²) in [7, 11) is 0. The zero-order valence-electron chi connectivity index (χ0n) is 15.7. The summed E-state index contributed by atoms with van der Waals surface area (Å²) >= 11 is 0.